The van der Waals surface area contributed by atoms with Gasteiger partial charge in [0.15, 0.2) is 0 Å². The van der Waals surface area contributed by atoms with Gasteiger partial charge in [0.1, 0.15) is 0 Å². The molecule has 1 fully saturated rings. The van der Waals surface area contributed by atoms with Gasteiger partial charge in [-0.25, -0.2) is 0 Å². The summed E-state index contributed by atoms with van der Waals surface area (Å²) in [5, 5.41) is 3.72. The lowest BCUT2D eigenvalue weighted by atomic mass is 9.63. The molecule has 0 aromatic carbocycles. The molecule has 1 rings (SSSR count). The van der Waals surface area contributed by atoms with Gasteiger partial charge in [-0.2, -0.15) is 0 Å². The first-order chi connectivity index (χ1) is 7.20. The van der Waals surface area contributed by atoms with Gasteiger partial charge in [0.2, 0.25) is 0 Å². The maximum absolute atomic E-state index is 3.72. The third-order valence-corrected chi connectivity index (χ3v) is 3.55. The molecule has 1 saturated carbocycles. The number of hydrogen-bond acceptors (Lipinski definition) is 2. The second-order valence-corrected chi connectivity index (χ2v) is 7.37. The van der Waals surface area contributed by atoms with Crippen molar-refractivity contribution >= 4 is 0 Å². The van der Waals surface area contributed by atoms with Gasteiger partial charge in [-0.15, -0.1) is 0 Å². The molecule has 0 amide bonds. The molecule has 0 bridgehead atoms. The van der Waals surface area contributed by atoms with Crippen LogP contribution in [0.2, 0.25) is 0 Å². The van der Waals surface area contributed by atoms with Crippen LogP contribution < -0.4 is 5.32 Å². The second kappa shape index (κ2) is 5.05. The first-order valence-electron chi connectivity index (χ1n) is 6.58. The maximum Gasteiger partial charge on any atom is 0.0101 e. The van der Waals surface area contributed by atoms with E-state index in [2.05, 4.69) is 52.0 Å². The van der Waals surface area contributed by atoms with Crippen molar-refractivity contribution in [1.29, 1.82) is 0 Å². The van der Waals surface area contributed by atoms with Crippen LogP contribution in [0.15, 0.2) is 0 Å². The lowest BCUT2D eigenvalue weighted by Crippen LogP contribution is -2.45. The van der Waals surface area contributed by atoms with Crippen LogP contribution in [0, 0.1) is 10.8 Å². The Morgan fingerprint density at radius 3 is 2.00 bits per heavy atom. The fourth-order valence-electron chi connectivity index (χ4n) is 3.48. The molecule has 1 aliphatic carbocycles. The van der Waals surface area contributed by atoms with Crippen molar-refractivity contribution in [2.45, 2.75) is 53.0 Å². The highest BCUT2D eigenvalue weighted by Gasteiger charge is 2.37. The van der Waals surface area contributed by atoms with Crippen LogP contribution in [-0.2, 0) is 0 Å². The summed E-state index contributed by atoms with van der Waals surface area (Å²) in [6.07, 6.45) is 4.00. The first-order valence-corrected chi connectivity index (χ1v) is 6.58. The van der Waals surface area contributed by atoms with Gasteiger partial charge in [-0.1, -0.05) is 27.7 Å². The van der Waals surface area contributed by atoms with Gasteiger partial charge in [-0.3, -0.25) is 0 Å². The molecule has 0 radical (unpaired) electrons. The Labute approximate surface area is 102 Å². The Balaban J connectivity index is 2.42. The monoisotopic (exact) mass is 226 g/mol. The smallest absolute Gasteiger partial charge is 0.0101 e. The molecule has 0 unspecified atom stereocenters. The minimum absolute atomic E-state index is 0.498. The molecule has 1 N–H and O–H groups in total. The molecule has 2 heteroatoms. The molecule has 96 valence electrons. The van der Waals surface area contributed by atoms with E-state index < -0.39 is 0 Å². The molecule has 0 atom stereocenters. The standard InChI is InChI=1S/C14H30N2/c1-13(2)9-12(10-14(3,4)11-13)15-7-8-16(5)6/h12,15H,7-11H2,1-6H3. The zero-order chi connectivity index (χ0) is 12.4. The Kier molecular flexibility index (Phi) is 4.42. The zero-order valence-electron chi connectivity index (χ0n) is 12.1. The summed E-state index contributed by atoms with van der Waals surface area (Å²) < 4.78 is 0. The first kappa shape index (κ1) is 14.0. The highest BCUT2D eigenvalue weighted by atomic mass is 15.1. The average molecular weight is 226 g/mol. The second-order valence-electron chi connectivity index (χ2n) is 7.37. The molecule has 0 heterocycles. The van der Waals surface area contributed by atoms with E-state index in [-0.39, 0.29) is 0 Å². The van der Waals surface area contributed by atoms with Crippen molar-refractivity contribution in [2.75, 3.05) is 27.2 Å². The van der Waals surface area contributed by atoms with Crippen LogP contribution in [0.4, 0.5) is 0 Å². The Hall–Kier alpha value is -0.0800. The average Bonchev–Trinajstić information content (AvgIpc) is 1.96. The highest BCUT2D eigenvalue weighted by Crippen LogP contribution is 2.45. The van der Waals surface area contributed by atoms with Crippen molar-refractivity contribution in [2.24, 2.45) is 10.8 Å². The van der Waals surface area contributed by atoms with E-state index in [4.69, 9.17) is 0 Å². The molecule has 0 aromatic rings. The molecule has 16 heavy (non-hydrogen) atoms. The van der Waals surface area contributed by atoms with Crippen molar-refractivity contribution in [3.63, 3.8) is 0 Å². The molecule has 0 aromatic heterocycles. The van der Waals surface area contributed by atoms with Gasteiger partial charge < -0.3 is 10.2 Å². The van der Waals surface area contributed by atoms with Crippen LogP contribution in [0.1, 0.15) is 47.0 Å². The van der Waals surface area contributed by atoms with E-state index in [1.54, 1.807) is 0 Å². The Morgan fingerprint density at radius 1 is 1.06 bits per heavy atom. The minimum atomic E-state index is 0.498. The normalized spacial score (nSPS) is 24.9. The Morgan fingerprint density at radius 2 is 1.56 bits per heavy atom. The molecule has 2 nitrogen and oxygen atoms in total. The number of nitrogens with one attached hydrogen (secondary N) is 1. The summed E-state index contributed by atoms with van der Waals surface area (Å²) >= 11 is 0. The molecular weight excluding hydrogens is 196 g/mol. The number of nitrogens with zero attached hydrogens (tertiary/aromatic N) is 1. The van der Waals surface area contributed by atoms with Crippen molar-refractivity contribution in [3.05, 3.63) is 0 Å². The largest absolute Gasteiger partial charge is 0.313 e. The summed E-state index contributed by atoms with van der Waals surface area (Å²) in [6.45, 7) is 11.9. The van der Waals surface area contributed by atoms with Gasteiger partial charge in [0.25, 0.3) is 0 Å². The summed E-state index contributed by atoms with van der Waals surface area (Å²) in [6, 6.07) is 0.707. The molecule has 0 spiro atoms. The third-order valence-electron chi connectivity index (χ3n) is 3.55. The van der Waals surface area contributed by atoms with Crippen LogP contribution in [0.3, 0.4) is 0 Å². The van der Waals surface area contributed by atoms with E-state index in [1.165, 1.54) is 19.3 Å². The summed E-state index contributed by atoms with van der Waals surface area (Å²) in [4.78, 5) is 2.24. The van der Waals surface area contributed by atoms with Gasteiger partial charge in [0.05, 0.1) is 0 Å². The summed E-state index contributed by atoms with van der Waals surface area (Å²) in [5.74, 6) is 0. The fraction of sp³-hybridized carbons (Fsp3) is 1.00. The lowest BCUT2D eigenvalue weighted by molar-refractivity contribution is 0.0845. The summed E-state index contributed by atoms with van der Waals surface area (Å²) in [5.41, 5.74) is 0.995. The predicted molar refractivity (Wildman–Crippen MR) is 71.8 cm³/mol. The third kappa shape index (κ3) is 4.84. The van der Waals surface area contributed by atoms with E-state index in [9.17, 15) is 0 Å². The van der Waals surface area contributed by atoms with E-state index in [1.807, 2.05) is 0 Å². The maximum atomic E-state index is 3.72. The lowest BCUT2D eigenvalue weighted by Gasteiger charge is -2.45. The topological polar surface area (TPSA) is 15.3 Å². The quantitative estimate of drug-likeness (QED) is 0.793. The van der Waals surface area contributed by atoms with Crippen LogP contribution in [0.5, 0.6) is 0 Å². The van der Waals surface area contributed by atoms with Gasteiger partial charge >= 0.3 is 0 Å². The fourth-order valence-corrected chi connectivity index (χ4v) is 3.48. The number of likely N-dealkylation sites (N-methyl/N-ethyl adjacent to an activating group) is 1. The molecular formula is C14H30N2. The van der Waals surface area contributed by atoms with E-state index in [0.29, 0.717) is 16.9 Å². The number of hydrogen-bond donors (Lipinski definition) is 1. The van der Waals surface area contributed by atoms with Crippen molar-refractivity contribution < 1.29 is 0 Å². The Bertz CT molecular complexity index is 203. The highest BCUT2D eigenvalue weighted by molar-refractivity contribution is 4.92. The van der Waals surface area contributed by atoms with Crippen LogP contribution in [0.25, 0.3) is 0 Å². The molecule has 0 saturated heterocycles. The zero-order valence-corrected chi connectivity index (χ0v) is 12.1. The van der Waals surface area contributed by atoms with E-state index >= 15 is 0 Å². The van der Waals surface area contributed by atoms with Crippen LogP contribution >= 0.6 is 0 Å². The summed E-state index contributed by atoms with van der Waals surface area (Å²) in [7, 11) is 4.27. The molecule has 1 aliphatic rings. The number of rotatable bonds is 4. The minimum Gasteiger partial charge on any atom is -0.313 e. The van der Waals surface area contributed by atoms with Crippen LogP contribution in [-0.4, -0.2) is 38.1 Å². The van der Waals surface area contributed by atoms with Crippen molar-refractivity contribution in [1.82, 2.24) is 10.2 Å². The predicted octanol–water partition coefficient (Wildman–Crippen LogP) is 2.74. The van der Waals surface area contributed by atoms with Crippen molar-refractivity contribution in [3.8, 4) is 0 Å². The van der Waals surface area contributed by atoms with E-state index in [0.717, 1.165) is 13.1 Å². The van der Waals surface area contributed by atoms with Gasteiger partial charge in [0, 0.05) is 19.1 Å². The SMILES string of the molecule is CN(C)CCNC1CC(C)(C)CC(C)(C)C1. The van der Waals surface area contributed by atoms with Gasteiger partial charge in [-0.05, 0) is 44.2 Å². The molecule has 0 aliphatic heterocycles.